The molecule has 1 aliphatic heterocycles. The highest BCUT2D eigenvalue weighted by molar-refractivity contribution is 4.76. The second-order valence-electron chi connectivity index (χ2n) is 5.66. The van der Waals surface area contributed by atoms with Gasteiger partial charge in [0.1, 0.15) is 0 Å². The number of hydrogen-bond donors (Lipinski definition) is 2. The lowest BCUT2D eigenvalue weighted by Gasteiger charge is -2.34. The Hall–Kier alpha value is -0.200. The van der Waals surface area contributed by atoms with Gasteiger partial charge in [0.15, 0.2) is 0 Å². The van der Waals surface area contributed by atoms with Crippen molar-refractivity contribution in [3.8, 4) is 0 Å². The molecular formula is C15H33N3O2. The van der Waals surface area contributed by atoms with E-state index in [4.69, 9.17) is 4.74 Å². The Morgan fingerprint density at radius 2 is 1.90 bits per heavy atom. The standard InChI is InChI=1S/C15H33N3O2/c1-4-14(5-2)18(10-11-20-3)13-15(19)12-17-8-6-16-7-9-17/h14-16,19H,4-13H2,1-3H3. The molecule has 0 spiro atoms. The van der Waals surface area contributed by atoms with Gasteiger partial charge in [-0.3, -0.25) is 9.80 Å². The zero-order valence-corrected chi connectivity index (χ0v) is 13.5. The van der Waals surface area contributed by atoms with Gasteiger partial charge in [0.25, 0.3) is 0 Å². The maximum Gasteiger partial charge on any atom is 0.0793 e. The summed E-state index contributed by atoms with van der Waals surface area (Å²) in [7, 11) is 1.74. The smallest absolute Gasteiger partial charge is 0.0793 e. The van der Waals surface area contributed by atoms with Crippen molar-refractivity contribution in [2.24, 2.45) is 0 Å². The average Bonchev–Trinajstić information content (AvgIpc) is 2.46. The Balaban J connectivity index is 2.40. The molecule has 0 aromatic heterocycles. The summed E-state index contributed by atoms with van der Waals surface area (Å²) in [4.78, 5) is 4.74. The van der Waals surface area contributed by atoms with Crippen LogP contribution in [0.5, 0.6) is 0 Å². The molecule has 5 nitrogen and oxygen atoms in total. The van der Waals surface area contributed by atoms with Gasteiger partial charge in [0.2, 0.25) is 0 Å². The van der Waals surface area contributed by atoms with Crippen LogP contribution in [0.2, 0.25) is 0 Å². The Morgan fingerprint density at radius 3 is 2.45 bits per heavy atom. The lowest BCUT2D eigenvalue weighted by atomic mass is 10.1. The number of nitrogens with zero attached hydrogens (tertiary/aromatic N) is 2. The Bertz CT molecular complexity index is 231. The third-order valence-electron chi connectivity index (χ3n) is 4.17. The molecule has 0 aromatic rings. The molecule has 1 aliphatic rings. The average molecular weight is 287 g/mol. The fourth-order valence-electron chi connectivity index (χ4n) is 2.96. The van der Waals surface area contributed by atoms with Gasteiger partial charge < -0.3 is 15.2 Å². The first-order valence-electron chi connectivity index (χ1n) is 8.05. The van der Waals surface area contributed by atoms with Crippen molar-refractivity contribution in [3.05, 3.63) is 0 Å². The third kappa shape index (κ3) is 6.50. The van der Waals surface area contributed by atoms with Crippen LogP contribution in [0.4, 0.5) is 0 Å². The Morgan fingerprint density at radius 1 is 1.25 bits per heavy atom. The summed E-state index contributed by atoms with van der Waals surface area (Å²) in [5.74, 6) is 0. The van der Waals surface area contributed by atoms with Crippen molar-refractivity contribution in [2.75, 3.05) is 59.5 Å². The molecule has 0 amide bonds. The van der Waals surface area contributed by atoms with E-state index in [1.54, 1.807) is 7.11 Å². The quantitative estimate of drug-likeness (QED) is 0.609. The van der Waals surface area contributed by atoms with Crippen LogP contribution in [-0.4, -0.2) is 86.6 Å². The first-order valence-corrected chi connectivity index (χ1v) is 8.05. The number of piperazine rings is 1. The zero-order chi connectivity index (χ0) is 14.8. The predicted octanol–water partition coefficient (Wildman–Crippen LogP) is 0.390. The molecule has 5 heteroatoms. The molecule has 1 unspecified atom stereocenters. The number of methoxy groups -OCH3 is 1. The molecule has 120 valence electrons. The van der Waals surface area contributed by atoms with Crippen LogP contribution in [0.3, 0.4) is 0 Å². The van der Waals surface area contributed by atoms with Gasteiger partial charge >= 0.3 is 0 Å². The summed E-state index contributed by atoms with van der Waals surface area (Å²) in [6.45, 7) is 11.8. The minimum absolute atomic E-state index is 0.273. The van der Waals surface area contributed by atoms with Crippen molar-refractivity contribution < 1.29 is 9.84 Å². The van der Waals surface area contributed by atoms with Gasteiger partial charge in [-0.2, -0.15) is 0 Å². The van der Waals surface area contributed by atoms with Gasteiger partial charge in [-0.25, -0.2) is 0 Å². The largest absolute Gasteiger partial charge is 0.390 e. The van der Waals surface area contributed by atoms with Crippen molar-refractivity contribution in [1.82, 2.24) is 15.1 Å². The SMILES string of the molecule is CCC(CC)N(CCOC)CC(O)CN1CCNCC1. The van der Waals surface area contributed by atoms with Crippen LogP contribution in [0.1, 0.15) is 26.7 Å². The summed E-state index contributed by atoms with van der Waals surface area (Å²) in [5.41, 5.74) is 0. The van der Waals surface area contributed by atoms with E-state index in [0.29, 0.717) is 6.04 Å². The Kier molecular flexibility index (Phi) is 9.39. The third-order valence-corrected chi connectivity index (χ3v) is 4.17. The summed E-state index contributed by atoms with van der Waals surface area (Å²) < 4.78 is 5.20. The van der Waals surface area contributed by atoms with Crippen LogP contribution >= 0.6 is 0 Å². The summed E-state index contributed by atoms with van der Waals surface area (Å²) >= 11 is 0. The van der Waals surface area contributed by atoms with E-state index in [2.05, 4.69) is 29.0 Å². The molecule has 0 aliphatic carbocycles. The molecule has 1 rings (SSSR count). The number of ether oxygens (including phenoxy) is 1. The number of β-amino-alcohol motifs (C(OH)–C–C–N with tert-alkyl or cyclic N) is 1. The number of aliphatic hydroxyl groups excluding tert-OH is 1. The van der Waals surface area contributed by atoms with Crippen molar-refractivity contribution in [3.63, 3.8) is 0 Å². The van der Waals surface area contributed by atoms with Crippen molar-refractivity contribution >= 4 is 0 Å². The highest BCUT2D eigenvalue weighted by atomic mass is 16.5. The molecule has 0 bridgehead atoms. The Labute approximate surface area is 124 Å². The minimum Gasteiger partial charge on any atom is -0.390 e. The fraction of sp³-hybridized carbons (Fsp3) is 1.00. The molecule has 2 N–H and O–H groups in total. The van der Waals surface area contributed by atoms with E-state index in [1.165, 1.54) is 0 Å². The van der Waals surface area contributed by atoms with Gasteiger partial charge in [0, 0.05) is 59.0 Å². The molecule has 0 saturated carbocycles. The number of aliphatic hydroxyl groups is 1. The number of rotatable bonds is 10. The molecule has 1 fully saturated rings. The number of nitrogens with one attached hydrogen (secondary N) is 1. The molecule has 0 radical (unpaired) electrons. The molecule has 1 heterocycles. The van der Waals surface area contributed by atoms with Gasteiger partial charge in [0.05, 0.1) is 12.7 Å². The minimum atomic E-state index is -0.273. The van der Waals surface area contributed by atoms with Crippen molar-refractivity contribution in [1.29, 1.82) is 0 Å². The van der Waals surface area contributed by atoms with Crippen LogP contribution in [0.25, 0.3) is 0 Å². The summed E-state index contributed by atoms with van der Waals surface area (Å²) in [5, 5.41) is 13.7. The van der Waals surface area contributed by atoms with E-state index in [-0.39, 0.29) is 6.10 Å². The van der Waals surface area contributed by atoms with E-state index in [0.717, 1.165) is 65.3 Å². The second-order valence-corrected chi connectivity index (χ2v) is 5.66. The van der Waals surface area contributed by atoms with Crippen LogP contribution in [0.15, 0.2) is 0 Å². The molecule has 0 aromatic carbocycles. The maximum absolute atomic E-state index is 10.4. The summed E-state index contributed by atoms with van der Waals surface area (Å²) in [6, 6.07) is 0.544. The van der Waals surface area contributed by atoms with E-state index >= 15 is 0 Å². The molecule has 1 atom stereocenters. The second kappa shape index (κ2) is 10.5. The van der Waals surface area contributed by atoms with E-state index in [1.807, 2.05) is 0 Å². The van der Waals surface area contributed by atoms with Crippen LogP contribution < -0.4 is 5.32 Å². The van der Waals surface area contributed by atoms with Gasteiger partial charge in [-0.05, 0) is 12.8 Å². The van der Waals surface area contributed by atoms with Crippen LogP contribution in [0, 0.1) is 0 Å². The lowest BCUT2D eigenvalue weighted by molar-refractivity contribution is 0.0393. The molecule has 20 heavy (non-hydrogen) atoms. The monoisotopic (exact) mass is 287 g/mol. The normalized spacial score (nSPS) is 18.9. The predicted molar refractivity (Wildman–Crippen MR) is 83.1 cm³/mol. The first-order chi connectivity index (χ1) is 9.71. The number of hydrogen-bond acceptors (Lipinski definition) is 5. The maximum atomic E-state index is 10.4. The van der Waals surface area contributed by atoms with Crippen LogP contribution in [-0.2, 0) is 4.74 Å². The highest BCUT2D eigenvalue weighted by Crippen LogP contribution is 2.10. The zero-order valence-electron chi connectivity index (χ0n) is 13.5. The molecule has 1 saturated heterocycles. The van der Waals surface area contributed by atoms with E-state index in [9.17, 15) is 5.11 Å². The lowest BCUT2D eigenvalue weighted by Crippen LogP contribution is -2.49. The van der Waals surface area contributed by atoms with Gasteiger partial charge in [-0.1, -0.05) is 13.8 Å². The topological polar surface area (TPSA) is 48.0 Å². The fourth-order valence-corrected chi connectivity index (χ4v) is 2.96. The molecular weight excluding hydrogens is 254 g/mol. The van der Waals surface area contributed by atoms with E-state index < -0.39 is 0 Å². The highest BCUT2D eigenvalue weighted by Gasteiger charge is 2.20. The van der Waals surface area contributed by atoms with Gasteiger partial charge in [-0.15, -0.1) is 0 Å². The van der Waals surface area contributed by atoms with Crippen molar-refractivity contribution in [2.45, 2.75) is 38.8 Å². The first kappa shape index (κ1) is 17.9. The summed E-state index contributed by atoms with van der Waals surface area (Å²) in [6.07, 6.45) is 1.98.